The summed E-state index contributed by atoms with van der Waals surface area (Å²) in [5, 5.41) is 3.60. The fraction of sp³-hybridized carbons (Fsp3) is 0.625. The van der Waals surface area contributed by atoms with Crippen LogP contribution < -0.4 is 10.1 Å². The van der Waals surface area contributed by atoms with Gasteiger partial charge in [-0.05, 0) is 43.2 Å². The SMILES string of the molecule is CCCOc1cccc(NC2CC(C(C)C)C2)c1. The molecule has 2 heteroatoms. The van der Waals surface area contributed by atoms with Crippen LogP contribution in [0.3, 0.4) is 0 Å². The van der Waals surface area contributed by atoms with Crippen LogP contribution in [0.4, 0.5) is 5.69 Å². The molecule has 1 aromatic rings. The second kappa shape index (κ2) is 6.12. The highest BCUT2D eigenvalue weighted by Gasteiger charge is 2.30. The van der Waals surface area contributed by atoms with E-state index in [0.717, 1.165) is 30.6 Å². The minimum Gasteiger partial charge on any atom is -0.494 e. The van der Waals surface area contributed by atoms with Crippen LogP contribution in [0.2, 0.25) is 0 Å². The van der Waals surface area contributed by atoms with Gasteiger partial charge in [0, 0.05) is 17.8 Å². The Morgan fingerprint density at radius 2 is 2.11 bits per heavy atom. The first kappa shape index (κ1) is 13.3. The van der Waals surface area contributed by atoms with Crippen molar-refractivity contribution in [1.29, 1.82) is 0 Å². The fourth-order valence-electron chi connectivity index (χ4n) is 2.46. The molecule has 1 fully saturated rings. The molecule has 0 aliphatic heterocycles. The molecule has 1 aromatic carbocycles. The maximum Gasteiger partial charge on any atom is 0.121 e. The van der Waals surface area contributed by atoms with Crippen molar-refractivity contribution >= 4 is 5.69 Å². The van der Waals surface area contributed by atoms with Crippen molar-refractivity contribution in [3.8, 4) is 5.75 Å². The standard InChI is InChI=1S/C16H25NO/c1-4-8-18-16-7-5-6-14(11-16)17-15-9-13(10-15)12(2)3/h5-7,11-13,15,17H,4,8-10H2,1-3H3. The first-order valence-electron chi connectivity index (χ1n) is 7.18. The van der Waals surface area contributed by atoms with Gasteiger partial charge in [0.15, 0.2) is 0 Å². The molecule has 0 spiro atoms. The van der Waals surface area contributed by atoms with Crippen molar-refractivity contribution < 1.29 is 4.74 Å². The van der Waals surface area contributed by atoms with Crippen LogP contribution in [0.1, 0.15) is 40.0 Å². The van der Waals surface area contributed by atoms with E-state index in [1.54, 1.807) is 0 Å². The molecular weight excluding hydrogens is 222 g/mol. The molecule has 100 valence electrons. The molecule has 0 amide bonds. The second-order valence-corrected chi connectivity index (χ2v) is 5.69. The molecular formula is C16H25NO. The normalized spacial score (nSPS) is 22.7. The van der Waals surface area contributed by atoms with Crippen molar-refractivity contribution in [2.24, 2.45) is 11.8 Å². The molecule has 0 aromatic heterocycles. The Morgan fingerprint density at radius 1 is 1.33 bits per heavy atom. The van der Waals surface area contributed by atoms with Gasteiger partial charge in [-0.1, -0.05) is 26.8 Å². The molecule has 0 saturated heterocycles. The summed E-state index contributed by atoms with van der Waals surface area (Å²) < 4.78 is 5.65. The fourth-order valence-corrected chi connectivity index (χ4v) is 2.46. The van der Waals surface area contributed by atoms with Gasteiger partial charge in [0.1, 0.15) is 5.75 Å². The average molecular weight is 247 g/mol. The number of hydrogen-bond acceptors (Lipinski definition) is 2. The number of benzene rings is 1. The van der Waals surface area contributed by atoms with Crippen LogP contribution in [0.15, 0.2) is 24.3 Å². The summed E-state index contributed by atoms with van der Waals surface area (Å²) in [6, 6.07) is 8.98. The Balaban J connectivity index is 1.83. The van der Waals surface area contributed by atoms with Crippen LogP contribution in [0, 0.1) is 11.8 Å². The zero-order valence-corrected chi connectivity index (χ0v) is 11.8. The number of ether oxygens (including phenoxy) is 1. The van der Waals surface area contributed by atoms with E-state index < -0.39 is 0 Å². The largest absolute Gasteiger partial charge is 0.494 e. The molecule has 1 aliphatic rings. The number of rotatable bonds is 6. The van der Waals surface area contributed by atoms with Crippen molar-refractivity contribution in [3.63, 3.8) is 0 Å². The monoisotopic (exact) mass is 247 g/mol. The van der Waals surface area contributed by atoms with Crippen LogP contribution in [0.25, 0.3) is 0 Å². The zero-order valence-electron chi connectivity index (χ0n) is 11.8. The highest BCUT2D eigenvalue weighted by molar-refractivity contribution is 5.49. The van der Waals surface area contributed by atoms with Gasteiger partial charge < -0.3 is 10.1 Å². The molecule has 2 nitrogen and oxygen atoms in total. The summed E-state index contributed by atoms with van der Waals surface area (Å²) in [7, 11) is 0. The van der Waals surface area contributed by atoms with Gasteiger partial charge in [-0.15, -0.1) is 0 Å². The molecule has 0 atom stereocenters. The van der Waals surface area contributed by atoms with E-state index >= 15 is 0 Å². The van der Waals surface area contributed by atoms with E-state index in [2.05, 4.69) is 44.3 Å². The Morgan fingerprint density at radius 3 is 2.78 bits per heavy atom. The summed E-state index contributed by atoms with van der Waals surface area (Å²) in [6.07, 6.45) is 3.66. The smallest absolute Gasteiger partial charge is 0.121 e. The van der Waals surface area contributed by atoms with Crippen molar-refractivity contribution in [2.75, 3.05) is 11.9 Å². The molecule has 0 bridgehead atoms. The first-order valence-corrected chi connectivity index (χ1v) is 7.18. The summed E-state index contributed by atoms with van der Waals surface area (Å²) in [4.78, 5) is 0. The van der Waals surface area contributed by atoms with Crippen molar-refractivity contribution in [3.05, 3.63) is 24.3 Å². The Hall–Kier alpha value is -1.18. The zero-order chi connectivity index (χ0) is 13.0. The van der Waals surface area contributed by atoms with E-state index in [1.165, 1.54) is 18.5 Å². The first-order chi connectivity index (χ1) is 8.69. The predicted octanol–water partition coefficient (Wildman–Crippen LogP) is 4.32. The maximum absolute atomic E-state index is 5.65. The van der Waals surface area contributed by atoms with E-state index in [-0.39, 0.29) is 0 Å². The minimum absolute atomic E-state index is 0.652. The van der Waals surface area contributed by atoms with Gasteiger partial charge in [0.2, 0.25) is 0 Å². The van der Waals surface area contributed by atoms with E-state index in [1.807, 2.05) is 6.07 Å². The Bertz CT molecular complexity index is 369. The highest BCUT2D eigenvalue weighted by Crippen LogP contribution is 2.35. The minimum atomic E-state index is 0.652. The predicted molar refractivity (Wildman–Crippen MR) is 77.2 cm³/mol. The van der Waals surface area contributed by atoms with Crippen LogP contribution in [-0.4, -0.2) is 12.6 Å². The lowest BCUT2D eigenvalue weighted by atomic mass is 9.73. The molecule has 18 heavy (non-hydrogen) atoms. The van der Waals surface area contributed by atoms with Crippen molar-refractivity contribution in [1.82, 2.24) is 0 Å². The topological polar surface area (TPSA) is 21.3 Å². The van der Waals surface area contributed by atoms with Gasteiger partial charge in [-0.2, -0.15) is 0 Å². The van der Waals surface area contributed by atoms with E-state index in [9.17, 15) is 0 Å². The third kappa shape index (κ3) is 3.41. The molecule has 1 N–H and O–H groups in total. The summed E-state index contributed by atoms with van der Waals surface area (Å²) >= 11 is 0. The summed E-state index contributed by atoms with van der Waals surface area (Å²) in [6.45, 7) is 7.56. The highest BCUT2D eigenvalue weighted by atomic mass is 16.5. The third-order valence-corrected chi connectivity index (χ3v) is 3.80. The summed E-state index contributed by atoms with van der Waals surface area (Å²) in [5.41, 5.74) is 1.19. The van der Waals surface area contributed by atoms with Crippen LogP contribution >= 0.6 is 0 Å². The Kier molecular flexibility index (Phi) is 4.51. The maximum atomic E-state index is 5.65. The lowest BCUT2D eigenvalue weighted by Crippen LogP contribution is -2.37. The molecule has 2 rings (SSSR count). The average Bonchev–Trinajstić information content (AvgIpc) is 2.30. The van der Waals surface area contributed by atoms with Gasteiger partial charge in [0.25, 0.3) is 0 Å². The van der Waals surface area contributed by atoms with Gasteiger partial charge in [-0.25, -0.2) is 0 Å². The number of nitrogens with one attached hydrogen (secondary N) is 1. The second-order valence-electron chi connectivity index (χ2n) is 5.69. The molecule has 1 aliphatic carbocycles. The van der Waals surface area contributed by atoms with Gasteiger partial charge >= 0.3 is 0 Å². The molecule has 1 saturated carbocycles. The lowest BCUT2D eigenvalue weighted by Gasteiger charge is -2.39. The Labute approximate surface area is 111 Å². The third-order valence-electron chi connectivity index (χ3n) is 3.80. The van der Waals surface area contributed by atoms with Gasteiger partial charge in [-0.3, -0.25) is 0 Å². The lowest BCUT2D eigenvalue weighted by molar-refractivity contribution is 0.212. The van der Waals surface area contributed by atoms with Crippen LogP contribution in [0.5, 0.6) is 5.75 Å². The van der Waals surface area contributed by atoms with Gasteiger partial charge in [0.05, 0.1) is 6.61 Å². The molecule has 0 unspecified atom stereocenters. The van der Waals surface area contributed by atoms with Crippen LogP contribution in [-0.2, 0) is 0 Å². The molecule has 0 heterocycles. The van der Waals surface area contributed by atoms with Crippen molar-refractivity contribution in [2.45, 2.75) is 46.1 Å². The van der Waals surface area contributed by atoms with E-state index in [4.69, 9.17) is 4.74 Å². The quantitative estimate of drug-likeness (QED) is 0.808. The molecule has 0 radical (unpaired) electrons. The number of hydrogen-bond donors (Lipinski definition) is 1. The number of anilines is 1. The van der Waals surface area contributed by atoms with E-state index in [0.29, 0.717) is 6.04 Å². The summed E-state index contributed by atoms with van der Waals surface area (Å²) in [5.74, 6) is 2.70.